The third-order valence-corrected chi connectivity index (χ3v) is 5.63. The summed E-state index contributed by atoms with van der Waals surface area (Å²) in [6, 6.07) is 8.55. The van der Waals surface area contributed by atoms with Crippen molar-refractivity contribution in [3.05, 3.63) is 66.3 Å². The Kier molecular flexibility index (Phi) is 7.02. The van der Waals surface area contributed by atoms with Crippen molar-refractivity contribution in [3.63, 3.8) is 0 Å². The van der Waals surface area contributed by atoms with Crippen LogP contribution in [0.2, 0.25) is 0 Å². The molecule has 1 aliphatic heterocycles. The predicted molar refractivity (Wildman–Crippen MR) is 116 cm³/mol. The molecule has 0 saturated carbocycles. The van der Waals surface area contributed by atoms with Gasteiger partial charge in [-0.05, 0) is 42.4 Å². The maximum Gasteiger partial charge on any atom is 0.310 e. The summed E-state index contributed by atoms with van der Waals surface area (Å²) in [5.41, 5.74) is 1.98. The maximum atomic E-state index is 11.8. The molecule has 1 aromatic carbocycles. The highest BCUT2D eigenvalue weighted by Gasteiger charge is 2.38. The lowest BCUT2D eigenvalue weighted by Crippen LogP contribution is -2.35. The first kappa shape index (κ1) is 21.0. The van der Waals surface area contributed by atoms with Gasteiger partial charge in [-0.1, -0.05) is 51.1 Å². The van der Waals surface area contributed by atoms with Gasteiger partial charge >= 0.3 is 5.97 Å². The second-order valence-corrected chi connectivity index (χ2v) is 7.81. The van der Waals surface area contributed by atoms with Gasteiger partial charge in [-0.3, -0.25) is 9.79 Å². The summed E-state index contributed by atoms with van der Waals surface area (Å²) in [5, 5.41) is 0. The minimum absolute atomic E-state index is 0.164. The fraction of sp³-hybridized carbons (Fsp3) is 0.458. The largest absolute Gasteiger partial charge is 0.465 e. The lowest BCUT2D eigenvalue weighted by atomic mass is 9.79. The van der Waals surface area contributed by atoms with Crippen molar-refractivity contribution in [2.24, 2.45) is 4.99 Å². The number of allylic oxidation sites excluding steroid dienone is 1. The van der Waals surface area contributed by atoms with E-state index in [1.807, 2.05) is 44.0 Å². The molecule has 0 bridgehead atoms. The normalized spacial score (nSPS) is 20.0. The first-order chi connectivity index (χ1) is 14.1. The van der Waals surface area contributed by atoms with Gasteiger partial charge in [-0.2, -0.15) is 0 Å². The molecule has 154 valence electrons. The predicted octanol–water partition coefficient (Wildman–Crippen LogP) is 4.90. The molecule has 3 unspecified atom stereocenters. The Bertz CT molecular complexity index is 826. The third-order valence-electron chi connectivity index (χ3n) is 5.63. The molecule has 0 fully saturated rings. The second-order valence-electron chi connectivity index (χ2n) is 7.81. The van der Waals surface area contributed by atoms with Crippen molar-refractivity contribution >= 4 is 12.2 Å². The van der Waals surface area contributed by atoms with E-state index in [1.165, 1.54) is 5.56 Å². The van der Waals surface area contributed by atoms with Crippen molar-refractivity contribution in [3.8, 4) is 0 Å². The van der Waals surface area contributed by atoms with Gasteiger partial charge in [0.15, 0.2) is 0 Å². The highest BCUT2D eigenvalue weighted by atomic mass is 16.5. The summed E-state index contributed by atoms with van der Waals surface area (Å²) in [5.74, 6) is 0.164. The second kappa shape index (κ2) is 9.68. The molecule has 1 aliphatic rings. The Morgan fingerprint density at radius 2 is 2.03 bits per heavy atom. The van der Waals surface area contributed by atoms with E-state index in [1.54, 1.807) is 0 Å². The molecule has 3 atom stereocenters. The lowest BCUT2D eigenvalue weighted by molar-refractivity contribution is -0.142. The number of aliphatic imine (C=N–C) groups is 1. The van der Waals surface area contributed by atoms with Gasteiger partial charge < -0.3 is 9.30 Å². The van der Waals surface area contributed by atoms with E-state index in [4.69, 9.17) is 9.73 Å². The summed E-state index contributed by atoms with van der Waals surface area (Å²) in [6.07, 6.45) is 15.0. The summed E-state index contributed by atoms with van der Waals surface area (Å²) in [7, 11) is 0. The van der Waals surface area contributed by atoms with E-state index < -0.39 is 0 Å². The van der Waals surface area contributed by atoms with Gasteiger partial charge in [0.25, 0.3) is 0 Å². The van der Waals surface area contributed by atoms with Crippen LogP contribution in [0.3, 0.4) is 0 Å². The molecule has 5 heteroatoms. The van der Waals surface area contributed by atoms with Gasteiger partial charge in [-0.15, -0.1) is 0 Å². The number of nitrogens with zero attached hydrogens (tertiary/aromatic N) is 3. The van der Waals surface area contributed by atoms with E-state index in [9.17, 15) is 4.79 Å². The molecule has 5 nitrogen and oxygen atoms in total. The molecule has 29 heavy (non-hydrogen) atoms. The fourth-order valence-electron chi connectivity index (χ4n) is 4.17. The number of rotatable bonds is 10. The van der Waals surface area contributed by atoms with Crippen molar-refractivity contribution in [2.45, 2.75) is 64.0 Å². The van der Waals surface area contributed by atoms with Crippen molar-refractivity contribution in [1.82, 2.24) is 9.55 Å². The molecule has 0 N–H and O–H groups in total. The Balaban J connectivity index is 1.71. The molecule has 0 amide bonds. The van der Waals surface area contributed by atoms with Crippen molar-refractivity contribution in [2.75, 3.05) is 6.61 Å². The molecule has 2 heterocycles. The van der Waals surface area contributed by atoms with Crippen LogP contribution in [0, 0.1) is 0 Å². The topological polar surface area (TPSA) is 56.5 Å². The summed E-state index contributed by atoms with van der Waals surface area (Å²) in [6.45, 7) is 6.93. The minimum Gasteiger partial charge on any atom is -0.465 e. The van der Waals surface area contributed by atoms with Gasteiger partial charge in [-0.25, -0.2) is 4.98 Å². The average Bonchev–Trinajstić information content (AvgIpc) is 3.41. The number of benzene rings is 1. The lowest BCUT2D eigenvalue weighted by Gasteiger charge is -2.36. The van der Waals surface area contributed by atoms with E-state index in [-0.39, 0.29) is 17.6 Å². The standard InChI is InChI=1S/C24H31N3O2/c1-4-15-29-23(28)16-20-7-9-21(10-8-20)19(3)17-24(11-6-12-26-24)22(5-2)27-14-13-25-18-27/h6-14,18-19,22H,4-5,15-17H2,1-3H3. The fourth-order valence-corrected chi connectivity index (χ4v) is 4.17. The molecular weight excluding hydrogens is 362 g/mol. The summed E-state index contributed by atoms with van der Waals surface area (Å²) in [4.78, 5) is 21.0. The van der Waals surface area contributed by atoms with Crippen molar-refractivity contribution < 1.29 is 9.53 Å². The number of carbonyl (C=O) groups excluding carboxylic acids is 1. The molecule has 0 radical (unpaired) electrons. The van der Waals surface area contributed by atoms with Gasteiger partial charge in [0.1, 0.15) is 5.54 Å². The van der Waals surface area contributed by atoms with Crippen LogP contribution in [0.25, 0.3) is 0 Å². The van der Waals surface area contributed by atoms with Gasteiger partial charge in [0.05, 0.1) is 25.4 Å². The number of carbonyl (C=O) groups is 1. The molecule has 1 aromatic heterocycles. The van der Waals surface area contributed by atoms with Gasteiger partial charge in [0.2, 0.25) is 0 Å². The van der Waals surface area contributed by atoms with Crippen LogP contribution in [0.1, 0.15) is 63.1 Å². The average molecular weight is 394 g/mol. The van der Waals surface area contributed by atoms with E-state index in [0.29, 0.717) is 18.9 Å². The number of ether oxygens (including phenoxy) is 1. The Morgan fingerprint density at radius 3 is 2.62 bits per heavy atom. The molecule has 2 aromatic rings. The molecular formula is C24H31N3O2. The van der Waals surface area contributed by atoms with Crippen LogP contribution in [-0.2, 0) is 16.0 Å². The Morgan fingerprint density at radius 1 is 1.24 bits per heavy atom. The third kappa shape index (κ3) is 5.03. The number of aromatic nitrogens is 2. The smallest absolute Gasteiger partial charge is 0.310 e. The molecule has 0 spiro atoms. The Labute approximate surface area is 173 Å². The number of imidazole rings is 1. The van der Waals surface area contributed by atoms with Crippen LogP contribution < -0.4 is 0 Å². The van der Waals surface area contributed by atoms with Crippen molar-refractivity contribution in [1.29, 1.82) is 0 Å². The highest BCUT2D eigenvalue weighted by molar-refractivity contribution is 5.75. The van der Waals surface area contributed by atoms with Crippen LogP contribution in [0.15, 0.2) is 60.1 Å². The first-order valence-corrected chi connectivity index (χ1v) is 10.5. The number of hydrogen-bond acceptors (Lipinski definition) is 4. The van der Waals surface area contributed by atoms with E-state index >= 15 is 0 Å². The van der Waals surface area contributed by atoms with Gasteiger partial charge in [0, 0.05) is 18.6 Å². The number of hydrogen-bond donors (Lipinski definition) is 0. The number of esters is 1. The maximum absolute atomic E-state index is 11.8. The summed E-state index contributed by atoms with van der Waals surface area (Å²) < 4.78 is 7.35. The van der Waals surface area contributed by atoms with Crippen LogP contribution in [0.5, 0.6) is 0 Å². The zero-order chi connectivity index (χ0) is 20.7. The monoisotopic (exact) mass is 393 g/mol. The quantitative estimate of drug-likeness (QED) is 0.539. The minimum atomic E-state index is -0.266. The molecule has 3 rings (SSSR count). The highest BCUT2D eigenvalue weighted by Crippen LogP contribution is 2.41. The van der Waals surface area contributed by atoms with Crippen LogP contribution >= 0.6 is 0 Å². The van der Waals surface area contributed by atoms with Crippen LogP contribution in [-0.4, -0.2) is 33.9 Å². The molecule has 0 saturated heterocycles. The zero-order valence-electron chi connectivity index (χ0n) is 17.6. The Hall–Kier alpha value is -2.69. The van der Waals surface area contributed by atoms with E-state index in [0.717, 1.165) is 24.8 Å². The van der Waals surface area contributed by atoms with Crippen LogP contribution in [0.4, 0.5) is 0 Å². The summed E-state index contributed by atoms with van der Waals surface area (Å²) >= 11 is 0. The van der Waals surface area contributed by atoms with E-state index in [2.05, 4.69) is 47.7 Å². The SMILES string of the molecule is CCCOC(=O)Cc1ccc(C(C)CC2(C(CC)n3ccnc3)C=CC=N2)cc1. The zero-order valence-corrected chi connectivity index (χ0v) is 17.6. The first-order valence-electron chi connectivity index (χ1n) is 10.5. The molecule has 0 aliphatic carbocycles.